The van der Waals surface area contributed by atoms with Crippen LogP contribution in [0.5, 0.6) is 0 Å². The molecule has 0 aliphatic heterocycles. The Morgan fingerprint density at radius 2 is 1.70 bits per heavy atom. The number of alkyl carbamates (subject to hydrolysis) is 1. The van der Waals surface area contributed by atoms with E-state index in [1.165, 1.54) is 0 Å². The van der Waals surface area contributed by atoms with Gasteiger partial charge in [-0.1, -0.05) is 0 Å². The number of amides is 1. The lowest BCUT2D eigenvalue weighted by atomic mass is 10.1. The minimum atomic E-state index is -0.521. The number of methoxy groups -OCH3 is 1. The maximum absolute atomic E-state index is 12.0. The monoisotopic (exact) mass is 388 g/mol. The fourth-order valence-corrected chi connectivity index (χ4v) is 2.02. The van der Waals surface area contributed by atoms with Crippen molar-refractivity contribution in [2.45, 2.75) is 65.5 Å². The van der Waals surface area contributed by atoms with Gasteiger partial charge in [-0.25, -0.2) is 4.79 Å². The van der Waals surface area contributed by atoms with Crippen molar-refractivity contribution in [3.63, 3.8) is 0 Å². The molecule has 0 fully saturated rings. The molecule has 8 nitrogen and oxygen atoms in total. The average molecular weight is 389 g/mol. The third kappa shape index (κ3) is 16.4. The molecule has 0 spiro atoms. The van der Waals surface area contributed by atoms with Gasteiger partial charge in [0.1, 0.15) is 5.60 Å². The first-order chi connectivity index (χ1) is 12.6. The first kappa shape index (κ1) is 25.5. The Morgan fingerprint density at radius 3 is 2.30 bits per heavy atom. The summed E-state index contributed by atoms with van der Waals surface area (Å²) in [5.74, 6) is 0.733. The number of carbonyl (C=O) groups is 1. The van der Waals surface area contributed by atoms with Crippen LogP contribution in [0, 0.1) is 0 Å². The van der Waals surface area contributed by atoms with Crippen LogP contribution in [-0.2, 0) is 14.2 Å². The van der Waals surface area contributed by atoms with Gasteiger partial charge in [-0.3, -0.25) is 4.99 Å². The van der Waals surface area contributed by atoms with Gasteiger partial charge in [-0.2, -0.15) is 0 Å². The van der Waals surface area contributed by atoms with Crippen LogP contribution in [0.3, 0.4) is 0 Å². The molecule has 0 atom stereocenters. The molecule has 8 heteroatoms. The molecule has 160 valence electrons. The normalized spacial score (nSPS) is 12.6. The summed E-state index contributed by atoms with van der Waals surface area (Å²) in [5, 5.41) is 9.37. The zero-order chi connectivity index (χ0) is 20.8. The van der Waals surface area contributed by atoms with Crippen molar-refractivity contribution in [2.75, 3.05) is 46.6 Å². The van der Waals surface area contributed by atoms with Crippen LogP contribution in [0.25, 0.3) is 0 Å². The summed E-state index contributed by atoms with van der Waals surface area (Å²) >= 11 is 0. The summed E-state index contributed by atoms with van der Waals surface area (Å²) < 4.78 is 15.7. The van der Waals surface area contributed by atoms with E-state index in [1.54, 1.807) is 7.11 Å². The van der Waals surface area contributed by atoms with Crippen LogP contribution in [0.1, 0.15) is 54.4 Å². The first-order valence-corrected chi connectivity index (χ1v) is 9.69. The lowest BCUT2D eigenvalue weighted by Gasteiger charge is -2.27. The molecular formula is C19H40N4O4. The van der Waals surface area contributed by atoms with Crippen LogP contribution >= 0.6 is 0 Å². The first-order valence-electron chi connectivity index (χ1n) is 9.69. The maximum atomic E-state index is 12.0. The largest absolute Gasteiger partial charge is 0.444 e. The highest BCUT2D eigenvalue weighted by molar-refractivity contribution is 5.79. The number of hydrogen-bond acceptors (Lipinski definition) is 5. The second-order valence-corrected chi connectivity index (χ2v) is 7.94. The van der Waals surface area contributed by atoms with Crippen LogP contribution < -0.4 is 16.0 Å². The zero-order valence-corrected chi connectivity index (χ0v) is 18.2. The molecule has 0 aromatic heterocycles. The van der Waals surface area contributed by atoms with Crippen LogP contribution in [0.2, 0.25) is 0 Å². The van der Waals surface area contributed by atoms with Crippen molar-refractivity contribution < 1.29 is 19.0 Å². The second kappa shape index (κ2) is 13.6. The number of unbranched alkanes of at least 4 members (excludes halogenated alkanes) is 1. The van der Waals surface area contributed by atoms with Gasteiger partial charge in [-0.15, -0.1) is 0 Å². The summed E-state index contributed by atoms with van der Waals surface area (Å²) in [5.41, 5.74) is -1.03. The molecule has 0 saturated carbocycles. The average Bonchev–Trinajstić information content (AvgIpc) is 2.52. The van der Waals surface area contributed by atoms with E-state index in [4.69, 9.17) is 14.2 Å². The van der Waals surface area contributed by atoms with E-state index < -0.39 is 17.2 Å². The fourth-order valence-electron chi connectivity index (χ4n) is 2.02. The Labute approximate surface area is 164 Å². The van der Waals surface area contributed by atoms with E-state index in [0.717, 1.165) is 38.5 Å². The van der Waals surface area contributed by atoms with E-state index >= 15 is 0 Å². The number of nitrogens with one attached hydrogen (secondary N) is 3. The lowest BCUT2D eigenvalue weighted by Crippen LogP contribution is -2.49. The predicted octanol–water partition coefficient (Wildman–Crippen LogP) is 2.29. The van der Waals surface area contributed by atoms with E-state index in [-0.39, 0.29) is 0 Å². The highest BCUT2D eigenvalue weighted by Gasteiger charge is 2.24. The smallest absolute Gasteiger partial charge is 0.408 e. The number of carbonyl (C=O) groups excluding carboxylic acids is 1. The van der Waals surface area contributed by atoms with Gasteiger partial charge in [0.15, 0.2) is 5.96 Å². The second-order valence-electron chi connectivity index (χ2n) is 7.94. The Morgan fingerprint density at radius 1 is 1.00 bits per heavy atom. The van der Waals surface area contributed by atoms with E-state index in [0.29, 0.717) is 19.8 Å². The van der Waals surface area contributed by atoms with Crippen molar-refractivity contribution in [1.29, 1.82) is 0 Å². The Kier molecular flexibility index (Phi) is 12.8. The Balaban J connectivity index is 4.27. The molecule has 0 saturated heterocycles. The van der Waals surface area contributed by atoms with Crippen molar-refractivity contribution in [2.24, 2.45) is 4.99 Å². The quantitative estimate of drug-likeness (QED) is 0.270. The zero-order valence-electron chi connectivity index (χ0n) is 18.2. The summed E-state index contributed by atoms with van der Waals surface area (Å²) in [6.45, 7) is 15.4. The predicted molar refractivity (Wildman–Crippen MR) is 109 cm³/mol. The maximum Gasteiger partial charge on any atom is 0.408 e. The summed E-state index contributed by atoms with van der Waals surface area (Å²) in [4.78, 5) is 16.5. The molecule has 27 heavy (non-hydrogen) atoms. The standard InChI is InChI=1S/C19H40N4O4/c1-8-20-16(21-11-9-10-12-26-14-13-25-7)22-15-19(5,6)23-17(24)27-18(2,3)4/h8-15H2,1-7H3,(H,23,24)(H2,20,21,22). The number of guanidine groups is 1. The van der Waals surface area contributed by atoms with Gasteiger partial charge in [0.05, 0.1) is 25.3 Å². The molecule has 0 unspecified atom stereocenters. The fraction of sp³-hybridized carbons (Fsp3) is 0.895. The molecular weight excluding hydrogens is 348 g/mol. The number of rotatable bonds is 12. The summed E-state index contributed by atoms with van der Waals surface area (Å²) in [7, 11) is 1.67. The third-order valence-corrected chi connectivity index (χ3v) is 3.26. The van der Waals surface area contributed by atoms with Gasteiger partial charge >= 0.3 is 6.09 Å². The third-order valence-electron chi connectivity index (χ3n) is 3.26. The topological polar surface area (TPSA) is 93.2 Å². The molecule has 1 amide bonds. The molecule has 0 aromatic rings. The molecule has 3 N–H and O–H groups in total. The van der Waals surface area contributed by atoms with Crippen molar-refractivity contribution in [1.82, 2.24) is 16.0 Å². The molecule has 0 rings (SSSR count). The number of ether oxygens (including phenoxy) is 3. The molecule has 0 radical (unpaired) electrons. The van der Waals surface area contributed by atoms with Gasteiger partial charge in [0, 0.05) is 26.8 Å². The summed E-state index contributed by atoms with van der Waals surface area (Å²) in [6.07, 6.45) is 1.52. The van der Waals surface area contributed by atoms with Crippen LogP contribution in [-0.4, -0.2) is 69.8 Å². The SMILES string of the molecule is CCNC(=NCC(C)(C)NC(=O)OC(C)(C)C)NCCCCOCCOC. The van der Waals surface area contributed by atoms with E-state index in [9.17, 15) is 4.79 Å². The van der Waals surface area contributed by atoms with Gasteiger partial charge in [0.25, 0.3) is 0 Å². The Hall–Kier alpha value is -1.54. The molecule has 0 aliphatic carbocycles. The number of hydrogen-bond donors (Lipinski definition) is 3. The van der Waals surface area contributed by atoms with E-state index in [1.807, 2.05) is 41.5 Å². The minimum Gasteiger partial charge on any atom is -0.444 e. The highest BCUT2D eigenvalue weighted by atomic mass is 16.6. The van der Waals surface area contributed by atoms with Gasteiger partial charge in [0.2, 0.25) is 0 Å². The minimum absolute atomic E-state index is 0.432. The van der Waals surface area contributed by atoms with Gasteiger partial charge < -0.3 is 30.2 Å². The Bertz CT molecular complexity index is 434. The molecule has 0 aromatic carbocycles. The number of nitrogens with zero attached hydrogens (tertiary/aromatic N) is 1. The van der Waals surface area contributed by atoms with Gasteiger partial charge in [-0.05, 0) is 54.4 Å². The lowest BCUT2D eigenvalue weighted by molar-refractivity contribution is 0.0476. The summed E-state index contributed by atoms with van der Waals surface area (Å²) in [6, 6.07) is 0. The van der Waals surface area contributed by atoms with Crippen LogP contribution in [0.15, 0.2) is 4.99 Å². The van der Waals surface area contributed by atoms with Crippen molar-refractivity contribution in [3.05, 3.63) is 0 Å². The molecule has 0 bridgehead atoms. The molecule has 0 heterocycles. The number of aliphatic imine (C=N–C) groups is 1. The van der Waals surface area contributed by atoms with Crippen molar-refractivity contribution in [3.8, 4) is 0 Å². The highest BCUT2D eigenvalue weighted by Crippen LogP contribution is 2.09. The van der Waals surface area contributed by atoms with Crippen molar-refractivity contribution >= 4 is 12.1 Å². The molecule has 0 aliphatic rings. The van der Waals surface area contributed by atoms with E-state index in [2.05, 4.69) is 20.9 Å². The van der Waals surface area contributed by atoms with Crippen LogP contribution in [0.4, 0.5) is 4.79 Å².